The highest BCUT2D eigenvalue weighted by Gasteiger charge is 2.48. The van der Waals surface area contributed by atoms with Gasteiger partial charge < -0.3 is 5.11 Å². The van der Waals surface area contributed by atoms with E-state index in [2.05, 4.69) is 4.98 Å². The zero-order valence-corrected chi connectivity index (χ0v) is 12.5. The minimum absolute atomic E-state index is 0.208. The summed E-state index contributed by atoms with van der Waals surface area (Å²) in [4.78, 5) is 29.7. The third-order valence-electron chi connectivity index (χ3n) is 3.87. The van der Waals surface area contributed by atoms with Gasteiger partial charge in [-0.3, -0.25) is 14.5 Å². The molecule has 0 bridgehead atoms. The number of amides is 1. The van der Waals surface area contributed by atoms with Gasteiger partial charge in [0, 0.05) is 11.8 Å². The lowest BCUT2D eigenvalue weighted by molar-refractivity contribution is -0.138. The molecule has 1 amide bonds. The van der Waals surface area contributed by atoms with Crippen molar-refractivity contribution in [1.82, 2.24) is 4.98 Å². The van der Waals surface area contributed by atoms with Gasteiger partial charge in [-0.1, -0.05) is 29.8 Å². The molecule has 2 aromatic rings. The van der Waals surface area contributed by atoms with Crippen molar-refractivity contribution >= 4 is 29.3 Å². The summed E-state index contributed by atoms with van der Waals surface area (Å²) >= 11 is 5.84. The SMILES string of the molecule is CC1(CC(=O)O)c2ccccc2C(=O)N1c1ccc(Cl)cn1. The smallest absolute Gasteiger partial charge is 0.306 e. The number of benzene rings is 1. The third-order valence-corrected chi connectivity index (χ3v) is 4.09. The Morgan fingerprint density at radius 3 is 2.68 bits per heavy atom. The van der Waals surface area contributed by atoms with Crippen LogP contribution in [0.3, 0.4) is 0 Å². The lowest BCUT2D eigenvalue weighted by atomic mass is 9.88. The van der Waals surface area contributed by atoms with E-state index in [4.69, 9.17) is 11.6 Å². The molecule has 22 heavy (non-hydrogen) atoms. The molecular weight excluding hydrogens is 304 g/mol. The second-order valence-corrected chi connectivity index (χ2v) is 5.80. The van der Waals surface area contributed by atoms with E-state index in [1.54, 1.807) is 43.3 Å². The van der Waals surface area contributed by atoms with Crippen LogP contribution in [0.1, 0.15) is 29.3 Å². The Kier molecular flexibility index (Phi) is 3.37. The number of hydrogen-bond donors (Lipinski definition) is 1. The molecule has 112 valence electrons. The maximum absolute atomic E-state index is 12.7. The summed E-state index contributed by atoms with van der Waals surface area (Å²) in [6.07, 6.45) is 1.23. The number of carboxylic acids is 1. The van der Waals surface area contributed by atoms with Crippen LogP contribution in [0.15, 0.2) is 42.6 Å². The third kappa shape index (κ3) is 2.14. The van der Waals surface area contributed by atoms with Crippen LogP contribution in [-0.4, -0.2) is 22.0 Å². The van der Waals surface area contributed by atoms with Crippen LogP contribution in [0.5, 0.6) is 0 Å². The zero-order chi connectivity index (χ0) is 15.9. The molecule has 0 aliphatic carbocycles. The van der Waals surface area contributed by atoms with Crippen LogP contribution in [0, 0.1) is 0 Å². The molecular formula is C16H13ClN2O3. The molecule has 1 atom stereocenters. The lowest BCUT2D eigenvalue weighted by Crippen LogP contribution is -2.43. The van der Waals surface area contributed by atoms with Crippen molar-refractivity contribution in [3.8, 4) is 0 Å². The number of nitrogens with zero attached hydrogens (tertiary/aromatic N) is 2. The summed E-state index contributed by atoms with van der Waals surface area (Å²) in [7, 11) is 0. The quantitative estimate of drug-likeness (QED) is 0.944. The number of rotatable bonds is 3. The second kappa shape index (κ2) is 5.10. The average molecular weight is 317 g/mol. The summed E-state index contributed by atoms with van der Waals surface area (Å²) in [6, 6.07) is 10.3. The van der Waals surface area contributed by atoms with Gasteiger partial charge in [0.1, 0.15) is 5.82 Å². The molecule has 0 spiro atoms. The topological polar surface area (TPSA) is 70.5 Å². The van der Waals surface area contributed by atoms with Crippen LogP contribution in [0.2, 0.25) is 5.02 Å². The number of hydrogen-bond acceptors (Lipinski definition) is 3. The van der Waals surface area contributed by atoms with Crippen molar-refractivity contribution in [3.05, 3.63) is 58.7 Å². The Bertz CT molecular complexity index is 760. The van der Waals surface area contributed by atoms with E-state index in [1.807, 2.05) is 0 Å². The Balaban J connectivity index is 2.18. The summed E-state index contributed by atoms with van der Waals surface area (Å²) < 4.78 is 0. The Labute approximate surface area is 132 Å². The number of fused-ring (bicyclic) bond motifs is 1. The van der Waals surface area contributed by atoms with Crippen molar-refractivity contribution in [2.75, 3.05) is 4.90 Å². The second-order valence-electron chi connectivity index (χ2n) is 5.37. The number of carbonyl (C=O) groups is 2. The number of anilines is 1. The van der Waals surface area contributed by atoms with Crippen LogP contribution < -0.4 is 4.90 Å². The van der Waals surface area contributed by atoms with Crippen molar-refractivity contribution in [2.24, 2.45) is 0 Å². The van der Waals surface area contributed by atoms with E-state index in [1.165, 1.54) is 11.1 Å². The van der Waals surface area contributed by atoms with Gasteiger partial charge >= 0.3 is 5.97 Å². The number of carbonyl (C=O) groups excluding carboxylic acids is 1. The molecule has 0 saturated heterocycles. The summed E-state index contributed by atoms with van der Waals surface area (Å²) in [5, 5.41) is 9.73. The van der Waals surface area contributed by atoms with E-state index in [0.717, 1.165) is 0 Å². The van der Waals surface area contributed by atoms with Crippen molar-refractivity contribution in [2.45, 2.75) is 18.9 Å². The minimum Gasteiger partial charge on any atom is -0.481 e. The van der Waals surface area contributed by atoms with Gasteiger partial charge in [-0.15, -0.1) is 0 Å². The molecule has 6 heteroatoms. The number of pyridine rings is 1. The number of halogens is 1. The highest BCUT2D eigenvalue weighted by atomic mass is 35.5. The van der Waals surface area contributed by atoms with Crippen LogP contribution in [0.25, 0.3) is 0 Å². The van der Waals surface area contributed by atoms with E-state index in [-0.39, 0.29) is 12.3 Å². The predicted molar refractivity (Wildman–Crippen MR) is 82.1 cm³/mol. The van der Waals surface area contributed by atoms with Gasteiger partial charge in [0.15, 0.2) is 0 Å². The van der Waals surface area contributed by atoms with E-state index >= 15 is 0 Å². The molecule has 0 fully saturated rings. The Morgan fingerprint density at radius 2 is 2.05 bits per heavy atom. The maximum atomic E-state index is 12.7. The molecule has 0 radical (unpaired) electrons. The van der Waals surface area contributed by atoms with Gasteiger partial charge in [-0.2, -0.15) is 0 Å². The fourth-order valence-electron chi connectivity index (χ4n) is 2.93. The number of carboxylic acid groups (broad SMARTS) is 1. The maximum Gasteiger partial charge on any atom is 0.306 e. The highest BCUT2D eigenvalue weighted by Crippen LogP contribution is 2.43. The van der Waals surface area contributed by atoms with E-state index in [0.29, 0.717) is 22.0 Å². The fraction of sp³-hybridized carbons (Fsp3) is 0.188. The summed E-state index contributed by atoms with van der Waals surface area (Å²) in [5.74, 6) is -0.852. The van der Waals surface area contributed by atoms with E-state index < -0.39 is 11.5 Å². The van der Waals surface area contributed by atoms with E-state index in [9.17, 15) is 14.7 Å². The monoisotopic (exact) mass is 316 g/mol. The largest absolute Gasteiger partial charge is 0.481 e. The van der Waals surface area contributed by atoms with Crippen molar-refractivity contribution in [3.63, 3.8) is 0 Å². The fourth-order valence-corrected chi connectivity index (χ4v) is 3.04. The number of aromatic nitrogens is 1. The Hall–Kier alpha value is -2.40. The van der Waals surface area contributed by atoms with Crippen LogP contribution in [0.4, 0.5) is 5.82 Å². The summed E-state index contributed by atoms with van der Waals surface area (Å²) in [6.45, 7) is 1.74. The molecule has 1 unspecified atom stereocenters. The van der Waals surface area contributed by atoms with Crippen molar-refractivity contribution in [1.29, 1.82) is 0 Å². The minimum atomic E-state index is -0.986. The van der Waals surface area contributed by atoms with Crippen LogP contribution >= 0.6 is 11.6 Å². The highest BCUT2D eigenvalue weighted by molar-refractivity contribution is 6.30. The van der Waals surface area contributed by atoms with Gasteiger partial charge in [-0.05, 0) is 30.7 Å². The predicted octanol–water partition coefficient (Wildman–Crippen LogP) is 3.09. The molecule has 0 saturated carbocycles. The molecule has 2 heterocycles. The van der Waals surface area contributed by atoms with Gasteiger partial charge in [-0.25, -0.2) is 4.98 Å². The molecule has 1 aliphatic heterocycles. The van der Waals surface area contributed by atoms with Gasteiger partial charge in [0.05, 0.1) is 17.0 Å². The first-order valence-corrected chi connectivity index (χ1v) is 7.09. The summed E-state index contributed by atoms with van der Waals surface area (Å²) in [5.41, 5.74) is 0.211. The standard InChI is InChI=1S/C16H13ClN2O3/c1-16(8-14(20)21)12-5-3-2-4-11(12)15(22)19(16)13-7-6-10(17)9-18-13/h2-7,9H,8H2,1H3,(H,20,21). The molecule has 1 aliphatic rings. The van der Waals surface area contributed by atoms with Crippen molar-refractivity contribution < 1.29 is 14.7 Å². The first-order chi connectivity index (χ1) is 10.4. The normalized spacial score (nSPS) is 20.1. The molecule has 1 N–H and O–H groups in total. The molecule has 5 nitrogen and oxygen atoms in total. The first kappa shape index (κ1) is 14.5. The molecule has 1 aromatic carbocycles. The van der Waals surface area contributed by atoms with Gasteiger partial charge in [0.25, 0.3) is 5.91 Å². The average Bonchev–Trinajstić information content (AvgIpc) is 2.69. The molecule has 1 aromatic heterocycles. The number of aliphatic carboxylic acids is 1. The first-order valence-electron chi connectivity index (χ1n) is 6.71. The van der Waals surface area contributed by atoms with Crippen LogP contribution in [-0.2, 0) is 10.3 Å². The zero-order valence-electron chi connectivity index (χ0n) is 11.8. The molecule has 3 rings (SSSR count). The van der Waals surface area contributed by atoms with Gasteiger partial charge in [0.2, 0.25) is 0 Å². The Morgan fingerprint density at radius 1 is 1.32 bits per heavy atom. The lowest BCUT2D eigenvalue weighted by Gasteiger charge is -2.34.